The van der Waals surface area contributed by atoms with Crippen molar-refractivity contribution >= 4 is 15.7 Å². The molecule has 0 saturated carbocycles. The minimum atomic E-state index is -3.78. The van der Waals surface area contributed by atoms with E-state index in [1.165, 1.54) is 29.2 Å². The lowest BCUT2D eigenvalue weighted by Gasteiger charge is -2.07. The van der Waals surface area contributed by atoms with E-state index in [2.05, 4.69) is 14.8 Å². The molecule has 0 amide bonds. The summed E-state index contributed by atoms with van der Waals surface area (Å²) in [4.78, 5) is 3.84. The van der Waals surface area contributed by atoms with E-state index in [1.807, 2.05) is 6.07 Å². The predicted octanol–water partition coefficient (Wildman–Crippen LogP) is -0.253. The molecular weight excluding hydrogens is 280 g/mol. The average molecular weight is 292 g/mol. The van der Waals surface area contributed by atoms with E-state index in [0.717, 1.165) is 0 Å². The van der Waals surface area contributed by atoms with Gasteiger partial charge >= 0.3 is 0 Å². The maximum Gasteiger partial charge on any atom is 0.243 e. The van der Waals surface area contributed by atoms with Gasteiger partial charge < -0.3 is 5.73 Å². The van der Waals surface area contributed by atoms with Gasteiger partial charge in [0, 0.05) is 7.05 Å². The highest BCUT2D eigenvalue weighted by Crippen LogP contribution is 2.19. The molecular formula is C11H12N6O2S. The number of aromatic nitrogens is 3. The van der Waals surface area contributed by atoms with Gasteiger partial charge in [0.2, 0.25) is 10.0 Å². The van der Waals surface area contributed by atoms with Gasteiger partial charge in [0.25, 0.3) is 0 Å². The van der Waals surface area contributed by atoms with Crippen LogP contribution in [0.1, 0.15) is 11.4 Å². The van der Waals surface area contributed by atoms with Crippen LogP contribution >= 0.6 is 0 Å². The average Bonchev–Trinajstić information content (AvgIpc) is 2.82. The summed E-state index contributed by atoms with van der Waals surface area (Å²) >= 11 is 0. The maximum atomic E-state index is 12.1. The van der Waals surface area contributed by atoms with Crippen LogP contribution in [0.2, 0.25) is 0 Å². The van der Waals surface area contributed by atoms with Crippen molar-refractivity contribution in [1.82, 2.24) is 19.5 Å². The molecule has 0 spiro atoms. The molecule has 2 rings (SSSR count). The van der Waals surface area contributed by atoms with E-state index in [0.29, 0.717) is 11.4 Å². The monoisotopic (exact) mass is 292 g/mol. The molecule has 0 unspecified atom stereocenters. The lowest BCUT2D eigenvalue weighted by molar-refractivity contribution is 0.579. The van der Waals surface area contributed by atoms with Crippen molar-refractivity contribution in [3.63, 3.8) is 0 Å². The van der Waals surface area contributed by atoms with Crippen LogP contribution in [0, 0.1) is 11.3 Å². The van der Waals surface area contributed by atoms with Crippen LogP contribution in [0.5, 0.6) is 0 Å². The fourth-order valence-corrected chi connectivity index (χ4v) is 2.66. The van der Waals surface area contributed by atoms with Crippen LogP contribution in [0.3, 0.4) is 0 Å². The zero-order valence-electron chi connectivity index (χ0n) is 10.6. The lowest BCUT2D eigenvalue weighted by atomic mass is 10.2. The van der Waals surface area contributed by atoms with Crippen LogP contribution in [-0.4, -0.2) is 23.2 Å². The highest BCUT2D eigenvalue weighted by molar-refractivity contribution is 7.89. The standard InChI is InChI=1S/C11H12N6O2S/c1-17-7-14-11(16-17)6-15-20(18,19)10-3-2-8(5-12)4-9(10)13/h2-4,7,15H,6,13H2,1H3. The Labute approximate surface area is 115 Å². The highest BCUT2D eigenvalue weighted by Gasteiger charge is 2.18. The second kappa shape index (κ2) is 5.28. The third-order valence-electron chi connectivity index (χ3n) is 2.50. The third-order valence-corrected chi connectivity index (χ3v) is 3.97. The summed E-state index contributed by atoms with van der Waals surface area (Å²) in [7, 11) is -2.09. The fourth-order valence-electron chi connectivity index (χ4n) is 1.56. The van der Waals surface area contributed by atoms with E-state index >= 15 is 0 Å². The van der Waals surface area contributed by atoms with Gasteiger partial charge in [-0.15, -0.1) is 0 Å². The topological polar surface area (TPSA) is 127 Å². The zero-order chi connectivity index (χ0) is 14.8. The fraction of sp³-hybridized carbons (Fsp3) is 0.182. The quantitative estimate of drug-likeness (QED) is 0.748. The molecule has 0 aliphatic heterocycles. The number of hydrogen-bond acceptors (Lipinski definition) is 6. The van der Waals surface area contributed by atoms with Crippen molar-refractivity contribution in [3.8, 4) is 6.07 Å². The Kier molecular flexibility index (Phi) is 3.69. The van der Waals surface area contributed by atoms with Crippen molar-refractivity contribution in [2.75, 3.05) is 5.73 Å². The number of benzene rings is 1. The molecule has 3 N–H and O–H groups in total. The molecule has 8 nitrogen and oxygen atoms in total. The number of anilines is 1. The van der Waals surface area contributed by atoms with Crippen molar-refractivity contribution in [2.45, 2.75) is 11.4 Å². The first-order valence-electron chi connectivity index (χ1n) is 5.56. The Morgan fingerprint density at radius 3 is 2.80 bits per heavy atom. The van der Waals surface area contributed by atoms with Gasteiger partial charge in [-0.3, -0.25) is 4.68 Å². The molecule has 104 valence electrons. The third kappa shape index (κ3) is 2.93. The minimum absolute atomic E-state index is 0.0190. The van der Waals surface area contributed by atoms with Crippen molar-refractivity contribution < 1.29 is 8.42 Å². The van der Waals surface area contributed by atoms with Gasteiger partial charge in [-0.2, -0.15) is 10.4 Å². The van der Waals surface area contributed by atoms with Crippen LogP contribution in [-0.2, 0) is 23.6 Å². The van der Waals surface area contributed by atoms with Crippen molar-refractivity contribution in [1.29, 1.82) is 5.26 Å². The Bertz CT molecular complexity index is 774. The predicted molar refractivity (Wildman–Crippen MR) is 70.6 cm³/mol. The number of aryl methyl sites for hydroxylation is 1. The van der Waals surface area contributed by atoms with E-state index in [9.17, 15) is 8.42 Å². The van der Waals surface area contributed by atoms with Crippen molar-refractivity contribution in [3.05, 3.63) is 35.9 Å². The molecule has 1 aromatic heterocycles. The second-order valence-corrected chi connectivity index (χ2v) is 5.76. The summed E-state index contributed by atoms with van der Waals surface area (Å²) in [6.07, 6.45) is 1.47. The first-order chi connectivity index (χ1) is 9.42. The van der Waals surface area contributed by atoms with Crippen LogP contribution in [0.25, 0.3) is 0 Å². The zero-order valence-corrected chi connectivity index (χ0v) is 11.4. The van der Waals surface area contributed by atoms with Crippen molar-refractivity contribution in [2.24, 2.45) is 7.05 Å². The van der Waals surface area contributed by atoms with Gasteiger partial charge in [0.05, 0.1) is 23.9 Å². The molecule has 9 heteroatoms. The van der Waals surface area contributed by atoms with Crippen LogP contribution < -0.4 is 10.5 Å². The molecule has 0 radical (unpaired) electrons. The SMILES string of the molecule is Cn1cnc(CNS(=O)(=O)c2ccc(C#N)cc2N)n1. The number of hydrogen-bond donors (Lipinski definition) is 2. The van der Waals surface area contributed by atoms with E-state index in [1.54, 1.807) is 7.05 Å². The lowest BCUT2D eigenvalue weighted by Crippen LogP contribution is -2.24. The smallest absolute Gasteiger partial charge is 0.243 e. The summed E-state index contributed by atoms with van der Waals surface area (Å²) in [5, 5.41) is 12.7. The summed E-state index contributed by atoms with van der Waals surface area (Å²) in [6.45, 7) is -0.0391. The van der Waals surface area contributed by atoms with Gasteiger partial charge in [0.15, 0.2) is 5.82 Å². The number of nitrogens with zero attached hydrogens (tertiary/aromatic N) is 4. The van der Waals surface area contributed by atoms with Crippen LogP contribution in [0.4, 0.5) is 5.69 Å². The largest absolute Gasteiger partial charge is 0.398 e. The normalized spacial score (nSPS) is 11.2. The molecule has 0 aliphatic carbocycles. The number of sulfonamides is 1. The summed E-state index contributed by atoms with van der Waals surface area (Å²) in [5.41, 5.74) is 5.97. The molecule has 0 fully saturated rings. The molecule has 0 aliphatic rings. The molecule has 0 saturated heterocycles. The minimum Gasteiger partial charge on any atom is -0.398 e. The Balaban J connectivity index is 2.20. The van der Waals surface area contributed by atoms with E-state index in [4.69, 9.17) is 11.0 Å². The number of nitriles is 1. The molecule has 1 aromatic carbocycles. The number of nitrogens with two attached hydrogens (primary N) is 1. The molecule has 2 aromatic rings. The second-order valence-electron chi connectivity index (χ2n) is 4.02. The highest BCUT2D eigenvalue weighted by atomic mass is 32.2. The molecule has 0 bridgehead atoms. The molecule has 20 heavy (non-hydrogen) atoms. The summed E-state index contributed by atoms with van der Waals surface area (Å²) in [5.74, 6) is 0.350. The summed E-state index contributed by atoms with van der Waals surface area (Å²) in [6, 6.07) is 5.89. The first kappa shape index (κ1) is 14.0. The van der Waals surface area contributed by atoms with Gasteiger partial charge in [-0.1, -0.05) is 0 Å². The first-order valence-corrected chi connectivity index (χ1v) is 7.04. The number of nitrogens with one attached hydrogen (secondary N) is 1. The summed E-state index contributed by atoms with van der Waals surface area (Å²) < 4.78 is 28.0. The Morgan fingerprint density at radius 1 is 1.50 bits per heavy atom. The van der Waals surface area contributed by atoms with E-state index < -0.39 is 10.0 Å². The van der Waals surface area contributed by atoms with Crippen LogP contribution in [0.15, 0.2) is 29.4 Å². The Morgan fingerprint density at radius 2 is 2.25 bits per heavy atom. The van der Waals surface area contributed by atoms with Gasteiger partial charge in [0.1, 0.15) is 11.2 Å². The van der Waals surface area contributed by atoms with Gasteiger partial charge in [-0.25, -0.2) is 18.1 Å². The van der Waals surface area contributed by atoms with Gasteiger partial charge in [-0.05, 0) is 18.2 Å². The molecule has 1 heterocycles. The van der Waals surface area contributed by atoms with E-state index in [-0.39, 0.29) is 17.1 Å². The number of rotatable bonds is 4. The Hall–Kier alpha value is -2.44. The maximum absolute atomic E-state index is 12.1. The number of nitrogen functional groups attached to an aromatic ring is 1. The molecule has 0 atom stereocenters.